The molecular formula is C10H13FN4. The van der Waals surface area contributed by atoms with E-state index in [-0.39, 0.29) is 17.3 Å². The molecule has 0 bridgehead atoms. The predicted molar refractivity (Wildman–Crippen MR) is 59.7 cm³/mol. The van der Waals surface area contributed by atoms with Crippen LogP contribution in [0.4, 0.5) is 16.2 Å². The third kappa shape index (κ3) is 2.12. The van der Waals surface area contributed by atoms with Crippen molar-refractivity contribution < 1.29 is 4.39 Å². The molecule has 0 aliphatic heterocycles. The number of aromatic nitrogens is 2. The Hall–Kier alpha value is -1.91. The number of hydrogen-bond acceptors (Lipinski definition) is 4. The fraction of sp³-hybridized carbons (Fsp3) is 0.200. The van der Waals surface area contributed by atoms with Gasteiger partial charge in [0.15, 0.2) is 0 Å². The Labute approximate surface area is 87.1 Å². The molecule has 2 rings (SSSR count). The van der Waals surface area contributed by atoms with Gasteiger partial charge in [-0.05, 0) is 12.1 Å². The van der Waals surface area contributed by atoms with Crippen LogP contribution in [-0.4, -0.2) is 9.97 Å². The maximum absolute atomic E-state index is 13.1. The number of fused-ring (bicyclic) bond motifs is 1. The Morgan fingerprint density at radius 1 is 1.13 bits per heavy atom. The molecule has 2 aromatic rings. The van der Waals surface area contributed by atoms with Crippen molar-refractivity contribution in [2.75, 3.05) is 11.5 Å². The lowest BCUT2D eigenvalue weighted by atomic mass is 10.2. The summed E-state index contributed by atoms with van der Waals surface area (Å²) in [6, 6.07) is 4.50. The SMILES string of the molecule is CC.Nc1nc(N)c2cccc(F)c2n1. The average molecular weight is 208 g/mol. The Bertz CT molecular complexity index is 470. The third-order valence-corrected chi connectivity index (χ3v) is 1.72. The number of nitrogens with zero attached hydrogens (tertiary/aromatic N) is 2. The van der Waals surface area contributed by atoms with E-state index in [2.05, 4.69) is 9.97 Å². The Balaban J connectivity index is 0.000000531. The van der Waals surface area contributed by atoms with Crippen LogP contribution in [0.3, 0.4) is 0 Å². The van der Waals surface area contributed by atoms with E-state index >= 15 is 0 Å². The van der Waals surface area contributed by atoms with E-state index in [0.717, 1.165) is 0 Å². The largest absolute Gasteiger partial charge is 0.383 e. The van der Waals surface area contributed by atoms with Crippen LogP contribution >= 0.6 is 0 Å². The number of anilines is 2. The number of nitrogens with two attached hydrogens (primary N) is 2. The van der Waals surface area contributed by atoms with Crippen molar-refractivity contribution in [3.05, 3.63) is 24.0 Å². The minimum Gasteiger partial charge on any atom is -0.383 e. The standard InChI is InChI=1S/C8H7FN4.C2H6/c9-5-3-1-2-4-6(5)12-8(11)13-7(4)10;1-2/h1-3H,(H4,10,11,12,13);1-2H3. The van der Waals surface area contributed by atoms with Crippen molar-refractivity contribution in [2.45, 2.75) is 13.8 Å². The van der Waals surface area contributed by atoms with E-state index in [0.29, 0.717) is 5.39 Å². The van der Waals surface area contributed by atoms with Gasteiger partial charge in [-0.2, -0.15) is 4.98 Å². The molecule has 0 saturated carbocycles. The Morgan fingerprint density at radius 2 is 1.80 bits per heavy atom. The molecule has 1 aromatic carbocycles. The van der Waals surface area contributed by atoms with Crippen molar-refractivity contribution in [3.63, 3.8) is 0 Å². The second kappa shape index (κ2) is 4.54. The van der Waals surface area contributed by atoms with Gasteiger partial charge in [0.05, 0.1) is 0 Å². The molecule has 0 aliphatic rings. The quantitative estimate of drug-likeness (QED) is 0.693. The summed E-state index contributed by atoms with van der Waals surface area (Å²) in [4.78, 5) is 7.47. The molecule has 0 atom stereocenters. The smallest absolute Gasteiger partial charge is 0.222 e. The van der Waals surface area contributed by atoms with Gasteiger partial charge in [-0.15, -0.1) is 0 Å². The second-order valence-electron chi connectivity index (χ2n) is 2.60. The lowest BCUT2D eigenvalue weighted by molar-refractivity contribution is 0.637. The fourth-order valence-electron chi connectivity index (χ4n) is 1.16. The number of nitrogen functional groups attached to an aromatic ring is 2. The van der Waals surface area contributed by atoms with Gasteiger partial charge in [0, 0.05) is 5.39 Å². The molecule has 0 unspecified atom stereocenters. The van der Waals surface area contributed by atoms with Gasteiger partial charge in [-0.1, -0.05) is 19.9 Å². The first-order valence-corrected chi connectivity index (χ1v) is 4.65. The third-order valence-electron chi connectivity index (χ3n) is 1.72. The van der Waals surface area contributed by atoms with Gasteiger partial charge in [0.1, 0.15) is 17.2 Å². The topological polar surface area (TPSA) is 77.8 Å². The minimum absolute atomic E-state index is 0.0184. The highest BCUT2D eigenvalue weighted by Gasteiger charge is 2.06. The molecule has 15 heavy (non-hydrogen) atoms. The first-order valence-electron chi connectivity index (χ1n) is 4.65. The maximum atomic E-state index is 13.1. The molecule has 4 nitrogen and oxygen atoms in total. The van der Waals surface area contributed by atoms with Crippen LogP contribution in [0.15, 0.2) is 18.2 Å². The molecule has 1 heterocycles. The lowest BCUT2D eigenvalue weighted by Gasteiger charge is -2.01. The maximum Gasteiger partial charge on any atom is 0.222 e. The van der Waals surface area contributed by atoms with Gasteiger partial charge >= 0.3 is 0 Å². The zero-order chi connectivity index (χ0) is 11.4. The predicted octanol–water partition coefficient (Wildman–Crippen LogP) is 1.96. The molecule has 0 saturated heterocycles. The van der Waals surface area contributed by atoms with Gasteiger partial charge in [-0.3, -0.25) is 0 Å². The van der Waals surface area contributed by atoms with Crippen LogP contribution in [0.5, 0.6) is 0 Å². The van der Waals surface area contributed by atoms with Gasteiger partial charge in [0.2, 0.25) is 5.95 Å². The van der Waals surface area contributed by atoms with Crippen LogP contribution in [0.2, 0.25) is 0 Å². The van der Waals surface area contributed by atoms with Crippen molar-refractivity contribution in [2.24, 2.45) is 0 Å². The monoisotopic (exact) mass is 208 g/mol. The van der Waals surface area contributed by atoms with E-state index in [1.165, 1.54) is 6.07 Å². The van der Waals surface area contributed by atoms with Crippen molar-refractivity contribution in [3.8, 4) is 0 Å². The van der Waals surface area contributed by atoms with Crippen molar-refractivity contribution >= 4 is 22.7 Å². The summed E-state index contributed by atoms with van der Waals surface area (Å²) in [5.74, 6) is -0.268. The van der Waals surface area contributed by atoms with E-state index in [1.54, 1.807) is 12.1 Å². The summed E-state index contributed by atoms with van der Waals surface area (Å²) >= 11 is 0. The molecule has 5 heteroatoms. The highest BCUT2D eigenvalue weighted by atomic mass is 19.1. The highest BCUT2D eigenvalue weighted by molar-refractivity contribution is 5.89. The average Bonchev–Trinajstić information content (AvgIpc) is 2.23. The molecule has 0 radical (unpaired) electrons. The summed E-state index contributed by atoms with van der Waals surface area (Å²) in [5.41, 5.74) is 11.0. The lowest BCUT2D eigenvalue weighted by Crippen LogP contribution is -2.01. The van der Waals surface area contributed by atoms with E-state index in [9.17, 15) is 4.39 Å². The summed E-state index contributed by atoms with van der Waals surface area (Å²) in [5, 5.41) is 0.481. The number of rotatable bonds is 0. The van der Waals surface area contributed by atoms with Crippen LogP contribution in [-0.2, 0) is 0 Å². The van der Waals surface area contributed by atoms with Gasteiger partial charge < -0.3 is 11.5 Å². The summed E-state index contributed by atoms with van der Waals surface area (Å²) in [6.45, 7) is 4.00. The van der Waals surface area contributed by atoms with Crippen LogP contribution in [0.25, 0.3) is 10.9 Å². The minimum atomic E-state index is -0.446. The molecule has 0 fully saturated rings. The molecule has 1 aromatic heterocycles. The fourth-order valence-corrected chi connectivity index (χ4v) is 1.16. The number of hydrogen-bond donors (Lipinski definition) is 2. The molecule has 0 aliphatic carbocycles. The summed E-state index contributed by atoms with van der Waals surface area (Å²) < 4.78 is 13.1. The second-order valence-corrected chi connectivity index (χ2v) is 2.60. The number of benzene rings is 1. The van der Waals surface area contributed by atoms with Crippen molar-refractivity contribution in [1.29, 1.82) is 0 Å². The van der Waals surface area contributed by atoms with Crippen LogP contribution < -0.4 is 11.5 Å². The molecule has 80 valence electrons. The van der Waals surface area contributed by atoms with Gasteiger partial charge in [0.25, 0.3) is 0 Å². The summed E-state index contributed by atoms with van der Waals surface area (Å²) in [6.07, 6.45) is 0. The van der Waals surface area contributed by atoms with E-state index in [4.69, 9.17) is 11.5 Å². The number of halogens is 1. The normalized spacial score (nSPS) is 9.53. The summed E-state index contributed by atoms with van der Waals surface area (Å²) in [7, 11) is 0. The first-order chi connectivity index (χ1) is 7.18. The van der Waals surface area contributed by atoms with Crippen LogP contribution in [0, 0.1) is 5.82 Å². The molecule has 4 N–H and O–H groups in total. The zero-order valence-electron chi connectivity index (χ0n) is 8.66. The Morgan fingerprint density at radius 3 is 2.47 bits per heavy atom. The zero-order valence-corrected chi connectivity index (χ0v) is 8.66. The van der Waals surface area contributed by atoms with Gasteiger partial charge in [-0.25, -0.2) is 9.37 Å². The first kappa shape index (κ1) is 11.2. The van der Waals surface area contributed by atoms with Crippen LogP contribution in [0.1, 0.15) is 13.8 Å². The van der Waals surface area contributed by atoms with Crippen molar-refractivity contribution in [1.82, 2.24) is 9.97 Å². The highest BCUT2D eigenvalue weighted by Crippen LogP contribution is 2.20. The van der Waals surface area contributed by atoms with E-state index in [1.807, 2.05) is 13.8 Å². The Kier molecular flexibility index (Phi) is 3.38. The molecular weight excluding hydrogens is 195 g/mol. The molecule has 0 spiro atoms. The number of para-hydroxylation sites is 1. The molecule has 0 amide bonds. The van der Waals surface area contributed by atoms with E-state index < -0.39 is 5.82 Å².